The van der Waals surface area contributed by atoms with Crippen LogP contribution in [-0.2, 0) is 4.79 Å². The molecule has 1 aliphatic heterocycles. The number of pyridine rings is 1. The van der Waals surface area contributed by atoms with E-state index in [4.69, 9.17) is 22.1 Å². The quantitative estimate of drug-likeness (QED) is 0.280. The lowest BCUT2D eigenvalue weighted by Gasteiger charge is -2.34. The molecule has 1 saturated heterocycles. The van der Waals surface area contributed by atoms with Gasteiger partial charge in [0.25, 0.3) is 0 Å². The summed E-state index contributed by atoms with van der Waals surface area (Å²) < 4.78 is 5.55. The Bertz CT molecular complexity index is 587. The number of likely N-dealkylation sites (tertiary alicyclic amines) is 1. The molecule has 0 saturated carbocycles. The van der Waals surface area contributed by atoms with Gasteiger partial charge in [-0.2, -0.15) is 0 Å². The first kappa shape index (κ1) is 21.8. The molecule has 1 aromatic heterocycles. The Labute approximate surface area is 170 Å². The van der Waals surface area contributed by atoms with Crippen molar-refractivity contribution >= 4 is 47.4 Å². The van der Waals surface area contributed by atoms with Crippen LogP contribution in [0.15, 0.2) is 23.3 Å². The van der Waals surface area contributed by atoms with Crippen LogP contribution in [0.25, 0.3) is 0 Å². The highest BCUT2D eigenvalue weighted by atomic mass is 127. The van der Waals surface area contributed by atoms with Gasteiger partial charge in [0.05, 0.1) is 6.54 Å². The van der Waals surface area contributed by atoms with Crippen molar-refractivity contribution in [2.24, 2.45) is 16.6 Å². The number of carbonyl (C=O) groups excluding carboxylic acids is 1. The normalized spacial score (nSPS) is 17.6. The number of nitrogens with one attached hydrogen (secondary N) is 1. The standard InChI is InChI=1S/C16H24ClN5O2.HI/c1-19-16(22-8-3-4-12(11-22)10-14(18)23)21-7-9-24-15-13(17)5-2-6-20-15;/h2,5-6,12H,3-4,7-11H2,1H3,(H2,18,23)(H,19,21);1H. The zero-order valence-electron chi connectivity index (χ0n) is 14.3. The molecule has 1 aliphatic rings. The average molecular weight is 482 g/mol. The van der Waals surface area contributed by atoms with Crippen LogP contribution in [0.4, 0.5) is 0 Å². The van der Waals surface area contributed by atoms with Crippen molar-refractivity contribution in [3.05, 3.63) is 23.4 Å². The lowest BCUT2D eigenvalue weighted by molar-refractivity contribution is -0.119. The fourth-order valence-corrected chi connectivity index (χ4v) is 3.00. The predicted octanol–water partition coefficient (Wildman–Crippen LogP) is 1.89. The van der Waals surface area contributed by atoms with Gasteiger partial charge >= 0.3 is 0 Å². The largest absolute Gasteiger partial charge is 0.475 e. The van der Waals surface area contributed by atoms with E-state index in [2.05, 4.69) is 20.2 Å². The smallest absolute Gasteiger partial charge is 0.232 e. The first-order valence-corrected chi connectivity index (χ1v) is 8.45. The zero-order chi connectivity index (χ0) is 17.4. The Hall–Kier alpha value is -1.29. The molecule has 0 radical (unpaired) electrons. The summed E-state index contributed by atoms with van der Waals surface area (Å²) in [6, 6.07) is 3.50. The minimum Gasteiger partial charge on any atom is -0.475 e. The molecule has 0 aromatic carbocycles. The van der Waals surface area contributed by atoms with Gasteiger partial charge in [-0.3, -0.25) is 9.79 Å². The molecule has 140 valence electrons. The highest BCUT2D eigenvalue weighted by molar-refractivity contribution is 14.0. The van der Waals surface area contributed by atoms with E-state index >= 15 is 0 Å². The molecule has 2 heterocycles. The monoisotopic (exact) mass is 481 g/mol. The van der Waals surface area contributed by atoms with Gasteiger partial charge in [-0.1, -0.05) is 11.6 Å². The van der Waals surface area contributed by atoms with Crippen molar-refractivity contribution < 1.29 is 9.53 Å². The van der Waals surface area contributed by atoms with Crippen LogP contribution in [0.3, 0.4) is 0 Å². The molecule has 0 aliphatic carbocycles. The fraction of sp³-hybridized carbons (Fsp3) is 0.562. The first-order valence-electron chi connectivity index (χ1n) is 8.07. The number of nitrogens with zero attached hydrogens (tertiary/aromatic N) is 3. The van der Waals surface area contributed by atoms with Crippen molar-refractivity contribution in [1.82, 2.24) is 15.2 Å². The summed E-state index contributed by atoms with van der Waals surface area (Å²) in [5.74, 6) is 1.28. The van der Waals surface area contributed by atoms with E-state index in [-0.39, 0.29) is 29.9 Å². The van der Waals surface area contributed by atoms with Crippen LogP contribution in [0.5, 0.6) is 5.88 Å². The van der Waals surface area contributed by atoms with Gasteiger partial charge in [0.2, 0.25) is 11.8 Å². The molecular formula is C16H25ClIN5O2. The van der Waals surface area contributed by atoms with Gasteiger partial charge in [-0.15, -0.1) is 24.0 Å². The maximum atomic E-state index is 11.1. The van der Waals surface area contributed by atoms with Crippen molar-refractivity contribution in [3.63, 3.8) is 0 Å². The fourth-order valence-electron chi connectivity index (χ4n) is 2.83. The molecular weight excluding hydrogens is 457 g/mol. The van der Waals surface area contributed by atoms with E-state index in [0.717, 1.165) is 31.9 Å². The second kappa shape index (κ2) is 11.3. The third kappa shape index (κ3) is 7.23. The van der Waals surface area contributed by atoms with E-state index in [9.17, 15) is 4.79 Å². The molecule has 25 heavy (non-hydrogen) atoms. The number of aromatic nitrogens is 1. The van der Waals surface area contributed by atoms with Gasteiger partial charge in [0, 0.05) is 32.8 Å². The number of halogens is 2. The van der Waals surface area contributed by atoms with Crippen molar-refractivity contribution in [2.45, 2.75) is 19.3 Å². The number of ether oxygens (including phenoxy) is 1. The highest BCUT2D eigenvalue weighted by Crippen LogP contribution is 2.20. The van der Waals surface area contributed by atoms with Gasteiger partial charge in [0.15, 0.2) is 5.96 Å². The zero-order valence-corrected chi connectivity index (χ0v) is 17.4. The van der Waals surface area contributed by atoms with Crippen molar-refractivity contribution in [1.29, 1.82) is 0 Å². The van der Waals surface area contributed by atoms with Gasteiger partial charge < -0.3 is 20.7 Å². The molecule has 3 N–H and O–H groups in total. The first-order chi connectivity index (χ1) is 11.6. The highest BCUT2D eigenvalue weighted by Gasteiger charge is 2.23. The summed E-state index contributed by atoms with van der Waals surface area (Å²) in [4.78, 5) is 21.7. The average Bonchev–Trinajstić information content (AvgIpc) is 2.56. The molecule has 1 amide bonds. The molecule has 2 rings (SSSR count). The number of hydrogen-bond donors (Lipinski definition) is 2. The number of primary amides is 1. The number of amides is 1. The maximum absolute atomic E-state index is 11.1. The van der Waals surface area contributed by atoms with Gasteiger partial charge in [0.1, 0.15) is 11.6 Å². The van der Waals surface area contributed by atoms with Gasteiger partial charge in [-0.05, 0) is 30.9 Å². The van der Waals surface area contributed by atoms with E-state index in [1.165, 1.54) is 0 Å². The molecule has 1 unspecified atom stereocenters. The third-order valence-corrected chi connectivity index (χ3v) is 4.16. The minimum atomic E-state index is -0.245. The maximum Gasteiger partial charge on any atom is 0.232 e. The predicted molar refractivity (Wildman–Crippen MR) is 110 cm³/mol. The number of nitrogens with two attached hydrogens (primary N) is 1. The van der Waals surface area contributed by atoms with E-state index < -0.39 is 0 Å². The summed E-state index contributed by atoms with van der Waals surface area (Å²) in [6.07, 6.45) is 4.12. The Morgan fingerprint density at radius 2 is 2.40 bits per heavy atom. The number of piperidine rings is 1. The summed E-state index contributed by atoms with van der Waals surface area (Å²) in [5.41, 5.74) is 5.31. The molecule has 0 bridgehead atoms. The van der Waals surface area contributed by atoms with Crippen molar-refractivity contribution in [2.75, 3.05) is 33.3 Å². The molecule has 1 atom stereocenters. The van der Waals surface area contributed by atoms with Crippen LogP contribution in [0.1, 0.15) is 19.3 Å². The molecule has 9 heteroatoms. The molecule has 1 aromatic rings. The van der Waals surface area contributed by atoms with E-state index in [1.807, 2.05) is 0 Å². The molecule has 1 fully saturated rings. The Kier molecular flexibility index (Phi) is 9.88. The number of carbonyl (C=O) groups is 1. The summed E-state index contributed by atoms with van der Waals surface area (Å²) in [5, 5.41) is 3.76. The minimum absolute atomic E-state index is 0. The van der Waals surface area contributed by atoms with Crippen molar-refractivity contribution in [3.8, 4) is 5.88 Å². The van der Waals surface area contributed by atoms with Crippen LogP contribution >= 0.6 is 35.6 Å². The second-order valence-corrected chi connectivity index (χ2v) is 6.14. The number of rotatable bonds is 6. The molecule has 0 spiro atoms. The van der Waals surface area contributed by atoms with Crippen LogP contribution in [0.2, 0.25) is 5.02 Å². The molecule has 7 nitrogen and oxygen atoms in total. The number of guanidine groups is 1. The van der Waals surface area contributed by atoms with Gasteiger partial charge in [-0.25, -0.2) is 4.98 Å². The summed E-state index contributed by atoms with van der Waals surface area (Å²) in [6.45, 7) is 2.71. The number of aliphatic imine (C=N–C) groups is 1. The Morgan fingerprint density at radius 1 is 1.60 bits per heavy atom. The third-order valence-electron chi connectivity index (χ3n) is 3.87. The van der Waals surface area contributed by atoms with Crippen LogP contribution < -0.4 is 15.8 Å². The Balaban J connectivity index is 0.00000312. The van der Waals surface area contributed by atoms with Crippen LogP contribution in [0, 0.1) is 5.92 Å². The summed E-state index contributed by atoms with van der Waals surface area (Å²) in [7, 11) is 1.75. The van der Waals surface area contributed by atoms with Crippen LogP contribution in [-0.4, -0.2) is 55.0 Å². The SMILES string of the molecule is CN=C(NCCOc1ncccc1Cl)N1CCCC(CC(N)=O)C1.I. The lowest BCUT2D eigenvalue weighted by Crippen LogP contribution is -2.48. The lowest BCUT2D eigenvalue weighted by atomic mass is 9.95. The Morgan fingerprint density at radius 3 is 3.08 bits per heavy atom. The van der Waals surface area contributed by atoms with E-state index in [0.29, 0.717) is 36.4 Å². The van der Waals surface area contributed by atoms with E-state index in [1.54, 1.807) is 25.4 Å². The second-order valence-electron chi connectivity index (χ2n) is 5.74. The topological polar surface area (TPSA) is 92.8 Å². The number of hydrogen-bond acceptors (Lipinski definition) is 4. The summed E-state index contributed by atoms with van der Waals surface area (Å²) >= 11 is 5.99.